The molecule has 3 heteroatoms. The number of nitrogens with two attached hydrogens (primary N) is 1. The van der Waals surface area contributed by atoms with Gasteiger partial charge in [-0.15, -0.1) is 0 Å². The number of aryl methyl sites for hydroxylation is 1. The van der Waals surface area contributed by atoms with Crippen molar-refractivity contribution in [2.24, 2.45) is 11.7 Å². The molecule has 3 nitrogen and oxygen atoms in total. The van der Waals surface area contributed by atoms with E-state index >= 15 is 0 Å². The van der Waals surface area contributed by atoms with Gasteiger partial charge in [0, 0.05) is 18.5 Å². The Kier molecular flexibility index (Phi) is 4.03. The third-order valence-electron chi connectivity index (χ3n) is 5.29. The van der Waals surface area contributed by atoms with Crippen molar-refractivity contribution >= 4 is 11.0 Å². The molecular formula is C18H27N3. The fraction of sp³-hybridized carbons (Fsp3) is 0.611. The van der Waals surface area contributed by atoms with Crippen LogP contribution in [0.5, 0.6) is 0 Å². The molecule has 0 bridgehead atoms. The summed E-state index contributed by atoms with van der Waals surface area (Å²) in [6, 6.07) is 8.42. The van der Waals surface area contributed by atoms with Crippen molar-refractivity contribution in [3.8, 4) is 0 Å². The van der Waals surface area contributed by atoms with E-state index < -0.39 is 0 Å². The quantitative estimate of drug-likeness (QED) is 0.926. The van der Waals surface area contributed by atoms with Crippen LogP contribution in [0.2, 0.25) is 0 Å². The van der Waals surface area contributed by atoms with E-state index in [2.05, 4.69) is 42.7 Å². The van der Waals surface area contributed by atoms with Crippen LogP contribution in [0.4, 0.5) is 0 Å². The van der Waals surface area contributed by atoms with E-state index in [1.165, 1.54) is 37.0 Å². The molecule has 1 aliphatic rings. The SMILES string of the molecule is CCC1CCCCC1(N)Cc1nc2ccccc2n1CC. The molecule has 0 aliphatic heterocycles. The minimum absolute atomic E-state index is 0.0682. The van der Waals surface area contributed by atoms with Crippen molar-refractivity contribution in [1.29, 1.82) is 0 Å². The highest BCUT2D eigenvalue weighted by molar-refractivity contribution is 5.75. The summed E-state index contributed by atoms with van der Waals surface area (Å²) < 4.78 is 2.34. The second-order valence-electron chi connectivity index (χ2n) is 6.52. The van der Waals surface area contributed by atoms with E-state index in [9.17, 15) is 0 Å². The van der Waals surface area contributed by atoms with Gasteiger partial charge in [-0.05, 0) is 37.8 Å². The third kappa shape index (κ3) is 2.59. The average Bonchev–Trinajstić information content (AvgIpc) is 2.84. The van der Waals surface area contributed by atoms with Gasteiger partial charge in [0.2, 0.25) is 0 Å². The summed E-state index contributed by atoms with van der Waals surface area (Å²) in [5.74, 6) is 1.80. The van der Waals surface area contributed by atoms with Crippen molar-refractivity contribution in [1.82, 2.24) is 9.55 Å². The molecule has 2 N–H and O–H groups in total. The van der Waals surface area contributed by atoms with Crippen LogP contribution in [0.3, 0.4) is 0 Å². The monoisotopic (exact) mass is 285 g/mol. The van der Waals surface area contributed by atoms with E-state index in [0.29, 0.717) is 5.92 Å². The summed E-state index contributed by atoms with van der Waals surface area (Å²) in [7, 11) is 0. The van der Waals surface area contributed by atoms with E-state index in [1.54, 1.807) is 0 Å². The predicted octanol–water partition coefficient (Wildman–Crippen LogP) is 3.90. The summed E-state index contributed by atoms with van der Waals surface area (Å²) in [6.07, 6.45) is 7.11. The number of nitrogens with zero attached hydrogens (tertiary/aromatic N) is 2. The number of hydrogen-bond donors (Lipinski definition) is 1. The Balaban J connectivity index is 1.96. The fourth-order valence-electron chi connectivity index (χ4n) is 4.09. The van der Waals surface area contributed by atoms with Gasteiger partial charge in [0.15, 0.2) is 0 Å². The lowest BCUT2D eigenvalue weighted by molar-refractivity contribution is 0.178. The molecular weight excluding hydrogens is 258 g/mol. The molecule has 3 rings (SSSR count). The fourth-order valence-corrected chi connectivity index (χ4v) is 4.09. The Hall–Kier alpha value is -1.35. The number of para-hydroxylation sites is 2. The maximum absolute atomic E-state index is 6.84. The zero-order chi connectivity index (χ0) is 14.9. The zero-order valence-corrected chi connectivity index (χ0v) is 13.3. The molecule has 1 saturated carbocycles. The Morgan fingerprint density at radius 2 is 2.10 bits per heavy atom. The van der Waals surface area contributed by atoms with Crippen LogP contribution in [-0.4, -0.2) is 15.1 Å². The molecule has 2 aromatic rings. The van der Waals surface area contributed by atoms with Crippen LogP contribution in [-0.2, 0) is 13.0 Å². The maximum atomic E-state index is 6.84. The van der Waals surface area contributed by atoms with Crippen LogP contribution < -0.4 is 5.73 Å². The number of benzene rings is 1. The summed E-state index contributed by atoms with van der Waals surface area (Å²) in [4.78, 5) is 4.87. The minimum atomic E-state index is -0.0682. The minimum Gasteiger partial charge on any atom is -0.328 e. The molecule has 0 amide bonds. The van der Waals surface area contributed by atoms with E-state index in [0.717, 1.165) is 24.9 Å². The Bertz CT molecular complexity index is 616. The first-order valence-corrected chi connectivity index (χ1v) is 8.41. The average molecular weight is 285 g/mol. The lowest BCUT2D eigenvalue weighted by Crippen LogP contribution is -2.51. The van der Waals surface area contributed by atoms with Crippen molar-refractivity contribution < 1.29 is 0 Å². The molecule has 1 aromatic heterocycles. The van der Waals surface area contributed by atoms with Gasteiger partial charge in [0.25, 0.3) is 0 Å². The van der Waals surface area contributed by atoms with Crippen LogP contribution in [0.15, 0.2) is 24.3 Å². The second-order valence-corrected chi connectivity index (χ2v) is 6.52. The summed E-state index contributed by atoms with van der Waals surface area (Å²) >= 11 is 0. The first kappa shape index (κ1) is 14.6. The highest BCUT2D eigenvalue weighted by atomic mass is 15.1. The first-order chi connectivity index (χ1) is 10.2. The second kappa shape index (κ2) is 5.80. The Morgan fingerprint density at radius 3 is 2.86 bits per heavy atom. The third-order valence-corrected chi connectivity index (χ3v) is 5.29. The molecule has 1 fully saturated rings. The molecule has 21 heavy (non-hydrogen) atoms. The molecule has 1 heterocycles. The zero-order valence-electron chi connectivity index (χ0n) is 13.3. The number of hydrogen-bond acceptors (Lipinski definition) is 2. The maximum Gasteiger partial charge on any atom is 0.111 e. The van der Waals surface area contributed by atoms with Crippen LogP contribution in [0, 0.1) is 5.92 Å². The number of imidazole rings is 1. The molecule has 1 aromatic carbocycles. The number of rotatable bonds is 4. The van der Waals surface area contributed by atoms with Crippen molar-refractivity contribution in [2.75, 3.05) is 0 Å². The molecule has 1 aliphatic carbocycles. The number of fused-ring (bicyclic) bond motifs is 1. The Morgan fingerprint density at radius 1 is 1.29 bits per heavy atom. The molecule has 2 unspecified atom stereocenters. The number of aromatic nitrogens is 2. The van der Waals surface area contributed by atoms with Gasteiger partial charge in [0.1, 0.15) is 5.82 Å². The predicted molar refractivity (Wildman–Crippen MR) is 88.3 cm³/mol. The van der Waals surface area contributed by atoms with Crippen LogP contribution in [0.25, 0.3) is 11.0 Å². The van der Waals surface area contributed by atoms with E-state index in [-0.39, 0.29) is 5.54 Å². The van der Waals surface area contributed by atoms with E-state index in [4.69, 9.17) is 10.7 Å². The standard InChI is InChI=1S/C18H27N3/c1-3-14-9-7-8-12-18(14,19)13-17-20-15-10-5-6-11-16(15)21(17)4-2/h5-6,10-11,14H,3-4,7-9,12-13,19H2,1-2H3. The van der Waals surface area contributed by atoms with Gasteiger partial charge in [0.05, 0.1) is 11.0 Å². The lowest BCUT2D eigenvalue weighted by atomic mass is 9.70. The summed E-state index contributed by atoms with van der Waals surface area (Å²) in [5, 5.41) is 0. The van der Waals surface area contributed by atoms with Crippen molar-refractivity contribution in [3.05, 3.63) is 30.1 Å². The molecule has 0 spiro atoms. The van der Waals surface area contributed by atoms with Gasteiger partial charge in [-0.1, -0.05) is 38.3 Å². The smallest absolute Gasteiger partial charge is 0.111 e. The van der Waals surface area contributed by atoms with Crippen LogP contribution >= 0.6 is 0 Å². The summed E-state index contributed by atoms with van der Waals surface area (Å²) in [6.45, 7) is 5.43. The first-order valence-electron chi connectivity index (χ1n) is 8.41. The normalized spacial score (nSPS) is 26.3. The highest BCUT2D eigenvalue weighted by Gasteiger charge is 2.37. The van der Waals surface area contributed by atoms with Gasteiger partial charge >= 0.3 is 0 Å². The Labute approximate surface area is 127 Å². The highest BCUT2D eigenvalue weighted by Crippen LogP contribution is 2.36. The molecule has 0 radical (unpaired) electrons. The largest absolute Gasteiger partial charge is 0.328 e. The van der Waals surface area contributed by atoms with Gasteiger partial charge in [-0.3, -0.25) is 0 Å². The van der Waals surface area contributed by atoms with Gasteiger partial charge in [-0.25, -0.2) is 4.98 Å². The molecule has 114 valence electrons. The molecule has 0 saturated heterocycles. The molecule has 2 atom stereocenters. The van der Waals surface area contributed by atoms with Gasteiger partial charge in [-0.2, -0.15) is 0 Å². The van der Waals surface area contributed by atoms with Crippen molar-refractivity contribution in [2.45, 2.75) is 64.5 Å². The van der Waals surface area contributed by atoms with Crippen LogP contribution in [0.1, 0.15) is 51.8 Å². The van der Waals surface area contributed by atoms with Gasteiger partial charge < -0.3 is 10.3 Å². The lowest BCUT2D eigenvalue weighted by Gasteiger charge is -2.41. The topological polar surface area (TPSA) is 43.8 Å². The van der Waals surface area contributed by atoms with Crippen molar-refractivity contribution in [3.63, 3.8) is 0 Å². The summed E-state index contributed by atoms with van der Waals surface area (Å²) in [5.41, 5.74) is 9.11. The van der Waals surface area contributed by atoms with E-state index in [1.807, 2.05) is 0 Å².